The Morgan fingerprint density at radius 1 is 0.828 bits per heavy atom. The van der Waals surface area contributed by atoms with Crippen molar-refractivity contribution in [3.63, 3.8) is 0 Å². The molecule has 0 bridgehead atoms. The maximum Gasteiger partial charge on any atom is 0.348 e. The summed E-state index contributed by atoms with van der Waals surface area (Å²) in [6.45, 7) is 1.18. The number of phenols is 3. The number of ketones is 2. The van der Waals surface area contributed by atoms with Crippen molar-refractivity contribution in [1.29, 1.82) is 0 Å². The largest absolute Gasteiger partial charge is 0.507 e. The summed E-state index contributed by atoms with van der Waals surface area (Å²) in [6, 6.07) is 11.3. The van der Waals surface area contributed by atoms with E-state index in [-0.39, 0.29) is 49.9 Å². The summed E-state index contributed by atoms with van der Waals surface area (Å²) in [5, 5.41) is 30.6. The first-order valence-electron chi connectivity index (χ1n) is 8.59. The average molecular weight is 390 g/mol. The van der Waals surface area contributed by atoms with E-state index in [1.54, 1.807) is 12.1 Å². The summed E-state index contributed by atoms with van der Waals surface area (Å²) >= 11 is 0. The van der Waals surface area contributed by atoms with Crippen LogP contribution in [-0.4, -0.2) is 26.9 Å². The van der Waals surface area contributed by atoms with Crippen LogP contribution in [0, 0.1) is 0 Å². The Labute approximate surface area is 163 Å². The zero-order valence-corrected chi connectivity index (χ0v) is 15.1. The van der Waals surface area contributed by atoms with Crippen molar-refractivity contribution in [3.8, 4) is 17.2 Å². The van der Waals surface area contributed by atoms with Gasteiger partial charge in [-0.2, -0.15) is 0 Å². The second-order valence-electron chi connectivity index (χ2n) is 6.52. The summed E-state index contributed by atoms with van der Waals surface area (Å²) in [5.74, 6) is -2.44. The Morgan fingerprint density at radius 3 is 2.21 bits per heavy atom. The molecule has 7 nitrogen and oxygen atoms in total. The number of phenolic OH excluding ortho intramolecular Hbond substituents is 3. The summed E-state index contributed by atoms with van der Waals surface area (Å²) in [4.78, 5) is 37.9. The van der Waals surface area contributed by atoms with Crippen LogP contribution in [0.5, 0.6) is 17.2 Å². The van der Waals surface area contributed by atoms with Crippen molar-refractivity contribution in [2.75, 3.05) is 0 Å². The van der Waals surface area contributed by atoms with E-state index in [0.29, 0.717) is 0 Å². The minimum atomic E-state index is -1.01. The van der Waals surface area contributed by atoms with Crippen molar-refractivity contribution < 1.29 is 29.3 Å². The quantitative estimate of drug-likeness (QED) is 0.278. The average Bonchev–Trinajstić information content (AvgIpc) is 2.68. The SMILES string of the molecule is CC(=O)c1cc(C(=O)c2ccccc2O)c2c(c1O)c(=O)oc1c(O)cccc12. The molecule has 7 heteroatoms. The van der Waals surface area contributed by atoms with E-state index in [1.807, 2.05) is 0 Å². The van der Waals surface area contributed by atoms with Gasteiger partial charge in [0.25, 0.3) is 0 Å². The molecule has 0 saturated heterocycles. The van der Waals surface area contributed by atoms with E-state index in [9.17, 15) is 29.7 Å². The van der Waals surface area contributed by atoms with E-state index in [0.717, 1.165) is 0 Å². The molecule has 144 valence electrons. The second kappa shape index (κ2) is 6.49. The molecular formula is C22H14O7. The highest BCUT2D eigenvalue weighted by Crippen LogP contribution is 2.38. The van der Waals surface area contributed by atoms with Crippen LogP contribution in [0.1, 0.15) is 33.2 Å². The third-order valence-corrected chi connectivity index (χ3v) is 4.74. The molecule has 0 spiro atoms. The molecule has 0 aliphatic rings. The van der Waals surface area contributed by atoms with Crippen molar-refractivity contribution in [2.24, 2.45) is 0 Å². The van der Waals surface area contributed by atoms with Crippen LogP contribution in [-0.2, 0) is 0 Å². The Hall–Kier alpha value is -4.13. The number of aromatic hydroxyl groups is 3. The number of carbonyl (C=O) groups excluding carboxylic acids is 2. The van der Waals surface area contributed by atoms with Crippen LogP contribution in [0.4, 0.5) is 0 Å². The predicted molar refractivity (Wildman–Crippen MR) is 105 cm³/mol. The third kappa shape index (κ3) is 2.71. The molecule has 0 aliphatic heterocycles. The van der Waals surface area contributed by atoms with Crippen molar-refractivity contribution in [1.82, 2.24) is 0 Å². The lowest BCUT2D eigenvalue weighted by Gasteiger charge is -2.13. The van der Waals surface area contributed by atoms with E-state index in [2.05, 4.69) is 0 Å². The summed E-state index contributed by atoms with van der Waals surface area (Å²) in [5.41, 5.74) is -1.54. The molecule has 0 radical (unpaired) electrons. The predicted octanol–water partition coefficient (Wildman–Crippen LogP) is 3.50. The molecule has 4 aromatic rings. The number of benzene rings is 3. The first-order valence-corrected chi connectivity index (χ1v) is 8.59. The molecule has 4 rings (SSSR count). The first-order chi connectivity index (χ1) is 13.8. The molecule has 0 fully saturated rings. The van der Waals surface area contributed by atoms with Gasteiger partial charge >= 0.3 is 5.63 Å². The van der Waals surface area contributed by atoms with E-state index in [4.69, 9.17) is 4.42 Å². The molecule has 1 aromatic heterocycles. The smallest absolute Gasteiger partial charge is 0.348 e. The molecule has 3 aromatic carbocycles. The van der Waals surface area contributed by atoms with Gasteiger partial charge in [-0.1, -0.05) is 24.3 Å². The maximum absolute atomic E-state index is 13.3. The summed E-state index contributed by atoms with van der Waals surface area (Å²) in [7, 11) is 0. The van der Waals surface area contributed by atoms with Crippen molar-refractivity contribution >= 4 is 33.3 Å². The highest BCUT2D eigenvalue weighted by molar-refractivity contribution is 6.25. The van der Waals surface area contributed by atoms with Gasteiger partial charge < -0.3 is 19.7 Å². The lowest BCUT2D eigenvalue weighted by Crippen LogP contribution is -2.10. The standard InChI is InChI=1S/C22H14O7/c1-10(23)13-9-14(19(26)11-5-2-3-7-15(11)24)17-12-6-4-8-16(25)21(12)29-22(28)18(17)20(13)27/h2-9,24-25,27H,1H3. The molecule has 0 saturated carbocycles. The summed E-state index contributed by atoms with van der Waals surface area (Å²) in [6.07, 6.45) is 0. The van der Waals surface area contributed by atoms with Crippen molar-refractivity contribution in [2.45, 2.75) is 6.92 Å². The van der Waals surface area contributed by atoms with Gasteiger partial charge in [-0.15, -0.1) is 0 Å². The fourth-order valence-corrected chi connectivity index (χ4v) is 3.38. The molecular weight excluding hydrogens is 376 g/mol. The van der Waals surface area contributed by atoms with Crippen LogP contribution < -0.4 is 5.63 Å². The summed E-state index contributed by atoms with van der Waals surface area (Å²) < 4.78 is 5.15. The Balaban J connectivity index is 2.25. The highest BCUT2D eigenvalue weighted by Gasteiger charge is 2.26. The normalized spacial score (nSPS) is 11.1. The van der Waals surface area contributed by atoms with Gasteiger partial charge in [0, 0.05) is 16.3 Å². The molecule has 3 N–H and O–H groups in total. The minimum Gasteiger partial charge on any atom is -0.507 e. The third-order valence-electron chi connectivity index (χ3n) is 4.74. The number of para-hydroxylation sites is 2. The van der Waals surface area contributed by atoms with Gasteiger partial charge in [0.05, 0.1) is 11.1 Å². The lowest BCUT2D eigenvalue weighted by molar-refractivity contribution is 0.101. The molecule has 0 aliphatic carbocycles. The van der Waals surface area contributed by atoms with Gasteiger partial charge in [-0.3, -0.25) is 9.59 Å². The number of Topliss-reactive ketones (excluding diaryl/α,β-unsaturated/α-hetero) is 1. The highest BCUT2D eigenvalue weighted by atomic mass is 16.4. The van der Waals surface area contributed by atoms with Gasteiger partial charge in [0.2, 0.25) is 0 Å². The van der Waals surface area contributed by atoms with Gasteiger partial charge in [-0.05, 0) is 31.2 Å². The maximum atomic E-state index is 13.3. The zero-order valence-electron chi connectivity index (χ0n) is 15.1. The monoisotopic (exact) mass is 390 g/mol. The molecule has 0 amide bonds. The molecule has 0 atom stereocenters. The zero-order chi connectivity index (χ0) is 20.9. The Morgan fingerprint density at radius 2 is 1.52 bits per heavy atom. The van der Waals surface area contributed by atoms with Crippen molar-refractivity contribution in [3.05, 3.63) is 75.6 Å². The van der Waals surface area contributed by atoms with Gasteiger partial charge in [0.1, 0.15) is 16.9 Å². The van der Waals surface area contributed by atoms with E-state index >= 15 is 0 Å². The van der Waals surface area contributed by atoms with Gasteiger partial charge in [0.15, 0.2) is 22.9 Å². The Kier molecular flexibility index (Phi) is 4.08. The number of rotatable bonds is 3. The minimum absolute atomic E-state index is 0.0166. The molecule has 1 heterocycles. The lowest BCUT2D eigenvalue weighted by atomic mass is 9.91. The van der Waals surface area contributed by atoms with Crippen LogP contribution in [0.2, 0.25) is 0 Å². The second-order valence-corrected chi connectivity index (χ2v) is 6.52. The van der Waals surface area contributed by atoms with Crippen LogP contribution in [0.25, 0.3) is 21.7 Å². The number of carbonyl (C=O) groups is 2. The number of fused-ring (bicyclic) bond motifs is 3. The molecule has 29 heavy (non-hydrogen) atoms. The van der Waals surface area contributed by atoms with Crippen LogP contribution in [0.3, 0.4) is 0 Å². The topological polar surface area (TPSA) is 125 Å². The number of hydrogen-bond acceptors (Lipinski definition) is 7. The first kappa shape index (κ1) is 18.2. The van der Waals surface area contributed by atoms with E-state index < -0.39 is 22.9 Å². The van der Waals surface area contributed by atoms with Gasteiger partial charge in [-0.25, -0.2) is 4.79 Å². The van der Waals surface area contributed by atoms with Crippen LogP contribution >= 0.6 is 0 Å². The fraction of sp³-hybridized carbons (Fsp3) is 0.0455. The number of hydrogen-bond donors (Lipinski definition) is 3. The fourth-order valence-electron chi connectivity index (χ4n) is 3.38. The van der Waals surface area contributed by atoms with E-state index in [1.165, 1.54) is 43.3 Å². The molecule has 0 unspecified atom stereocenters. The van der Waals surface area contributed by atoms with Crippen LogP contribution in [0.15, 0.2) is 57.7 Å². The Bertz CT molecular complexity index is 1400.